The van der Waals surface area contributed by atoms with E-state index in [4.69, 9.17) is 4.74 Å². The van der Waals surface area contributed by atoms with E-state index in [0.29, 0.717) is 19.1 Å². The summed E-state index contributed by atoms with van der Waals surface area (Å²) in [5.41, 5.74) is 1.24. The SMILES string of the molecule is O=C(CCOc1ccccc1)Nc1ccnn1C1CCN(Cc2cccnc2)CC1. The van der Waals surface area contributed by atoms with Crippen molar-refractivity contribution in [3.63, 3.8) is 0 Å². The minimum atomic E-state index is -0.0679. The van der Waals surface area contributed by atoms with Gasteiger partial charge in [-0.1, -0.05) is 24.3 Å². The summed E-state index contributed by atoms with van der Waals surface area (Å²) in [4.78, 5) is 19.0. The quantitative estimate of drug-likeness (QED) is 0.621. The van der Waals surface area contributed by atoms with Crippen molar-refractivity contribution in [3.8, 4) is 5.75 Å². The molecule has 1 N–H and O–H groups in total. The summed E-state index contributed by atoms with van der Waals surface area (Å²) >= 11 is 0. The summed E-state index contributed by atoms with van der Waals surface area (Å²) < 4.78 is 7.57. The molecule has 1 fully saturated rings. The molecule has 30 heavy (non-hydrogen) atoms. The summed E-state index contributed by atoms with van der Waals surface area (Å²) in [5.74, 6) is 1.46. The van der Waals surface area contributed by atoms with Crippen molar-refractivity contribution >= 4 is 11.7 Å². The Bertz CT molecular complexity index is 921. The summed E-state index contributed by atoms with van der Waals surface area (Å²) in [6.07, 6.45) is 7.78. The monoisotopic (exact) mass is 405 g/mol. The topological polar surface area (TPSA) is 72.3 Å². The number of pyridine rings is 1. The fraction of sp³-hybridized carbons (Fsp3) is 0.348. The van der Waals surface area contributed by atoms with Crippen LogP contribution in [0.2, 0.25) is 0 Å². The second kappa shape index (κ2) is 10.0. The number of likely N-dealkylation sites (tertiary alicyclic amines) is 1. The lowest BCUT2D eigenvalue weighted by atomic mass is 10.0. The minimum Gasteiger partial charge on any atom is -0.493 e. The first kappa shape index (κ1) is 20.1. The zero-order chi connectivity index (χ0) is 20.6. The molecule has 0 radical (unpaired) electrons. The number of hydrogen-bond donors (Lipinski definition) is 1. The Morgan fingerprint density at radius 1 is 1.07 bits per heavy atom. The number of anilines is 1. The molecule has 0 aliphatic carbocycles. The fourth-order valence-electron chi connectivity index (χ4n) is 3.76. The third kappa shape index (κ3) is 5.45. The first-order valence-electron chi connectivity index (χ1n) is 10.4. The van der Waals surface area contributed by atoms with Crippen LogP contribution >= 0.6 is 0 Å². The largest absolute Gasteiger partial charge is 0.493 e. The highest BCUT2D eigenvalue weighted by molar-refractivity contribution is 5.89. The van der Waals surface area contributed by atoms with Crippen LogP contribution in [0, 0.1) is 0 Å². The number of carbonyl (C=O) groups excluding carboxylic acids is 1. The predicted octanol–water partition coefficient (Wildman–Crippen LogP) is 3.52. The Hall–Kier alpha value is -3.19. The molecule has 0 spiro atoms. The van der Waals surface area contributed by atoms with E-state index in [1.165, 1.54) is 5.56 Å². The number of hydrogen-bond acceptors (Lipinski definition) is 5. The van der Waals surface area contributed by atoms with Gasteiger partial charge in [-0.15, -0.1) is 0 Å². The van der Waals surface area contributed by atoms with Crippen LogP contribution in [0.1, 0.15) is 30.9 Å². The maximum absolute atomic E-state index is 12.3. The molecule has 3 heterocycles. The van der Waals surface area contributed by atoms with Crippen molar-refractivity contribution in [3.05, 3.63) is 72.7 Å². The third-order valence-electron chi connectivity index (χ3n) is 5.31. The van der Waals surface area contributed by atoms with Gasteiger partial charge in [0, 0.05) is 38.1 Å². The lowest BCUT2D eigenvalue weighted by Gasteiger charge is -2.32. The Morgan fingerprint density at radius 3 is 2.67 bits per heavy atom. The van der Waals surface area contributed by atoms with E-state index in [2.05, 4.69) is 26.4 Å². The number of piperidine rings is 1. The average molecular weight is 406 g/mol. The molecular weight excluding hydrogens is 378 g/mol. The van der Waals surface area contributed by atoms with Gasteiger partial charge in [-0.05, 0) is 36.6 Å². The van der Waals surface area contributed by atoms with Crippen molar-refractivity contribution in [1.82, 2.24) is 19.7 Å². The summed E-state index contributed by atoms with van der Waals surface area (Å²) in [7, 11) is 0. The lowest BCUT2D eigenvalue weighted by Crippen LogP contribution is -2.35. The number of ether oxygens (including phenoxy) is 1. The van der Waals surface area contributed by atoms with Gasteiger partial charge >= 0.3 is 0 Å². The molecule has 3 aromatic rings. The van der Waals surface area contributed by atoms with Gasteiger partial charge in [0.25, 0.3) is 0 Å². The summed E-state index contributed by atoms with van der Waals surface area (Å²) in [5, 5.41) is 7.46. The number of benzene rings is 1. The number of para-hydroxylation sites is 1. The molecule has 1 aliphatic rings. The van der Waals surface area contributed by atoms with Crippen LogP contribution in [-0.2, 0) is 11.3 Å². The van der Waals surface area contributed by atoms with Crippen molar-refractivity contribution in [2.75, 3.05) is 25.0 Å². The molecule has 156 valence electrons. The van der Waals surface area contributed by atoms with E-state index in [9.17, 15) is 4.79 Å². The highest BCUT2D eigenvalue weighted by Crippen LogP contribution is 2.26. The van der Waals surface area contributed by atoms with E-state index >= 15 is 0 Å². The van der Waals surface area contributed by atoms with E-state index in [1.807, 2.05) is 53.3 Å². The summed E-state index contributed by atoms with van der Waals surface area (Å²) in [6, 6.07) is 15.8. The maximum Gasteiger partial charge on any atom is 0.228 e. The van der Waals surface area contributed by atoms with E-state index in [-0.39, 0.29) is 5.91 Å². The molecule has 0 unspecified atom stereocenters. The lowest BCUT2D eigenvalue weighted by molar-refractivity contribution is -0.116. The van der Waals surface area contributed by atoms with Gasteiger partial charge in [-0.25, -0.2) is 4.68 Å². The van der Waals surface area contributed by atoms with Crippen LogP contribution in [0.4, 0.5) is 5.82 Å². The zero-order valence-corrected chi connectivity index (χ0v) is 17.0. The smallest absolute Gasteiger partial charge is 0.228 e. The molecule has 1 aromatic carbocycles. The van der Waals surface area contributed by atoms with Gasteiger partial charge in [0.1, 0.15) is 11.6 Å². The van der Waals surface area contributed by atoms with Gasteiger partial charge in [-0.2, -0.15) is 5.10 Å². The molecule has 0 bridgehead atoms. The molecule has 2 aromatic heterocycles. The van der Waals surface area contributed by atoms with Crippen LogP contribution in [0.5, 0.6) is 5.75 Å². The third-order valence-corrected chi connectivity index (χ3v) is 5.31. The molecule has 1 aliphatic heterocycles. The van der Waals surface area contributed by atoms with Gasteiger partial charge in [0.05, 0.1) is 25.3 Å². The second-order valence-electron chi connectivity index (χ2n) is 7.49. The number of amides is 1. The predicted molar refractivity (Wildman–Crippen MR) is 115 cm³/mol. The molecule has 7 heteroatoms. The highest BCUT2D eigenvalue weighted by Gasteiger charge is 2.23. The fourth-order valence-corrected chi connectivity index (χ4v) is 3.76. The molecule has 4 rings (SSSR count). The Balaban J connectivity index is 1.24. The Morgan fingerprint density at radius 2 is 1.90 bits per heavy atom. The highest BCUT2D eigenvalue weighted by atomic mass is 16.5. The molecule has 0 saturated carbocycles. The van der Waals surface area contributed by atoms with Gasteiger partial charge < -0.3 is 10.1 Å². The maximum atomic E-state index is 12.3. The van der Waals surface area contributed by atoms with E-state index in [1.54, 1.807) is 12.4 Å². The number of nitrogens with one attached hydrogen (secondary N) is 1. The van der Waals surface area contributed by atoms with Crippen molar-refractivity contribution in [2.24, 2.45) is 0 Å². The summed E-state index contributed by atoms with van der Waals surface area (Å²) in [6.45, 7) is 3.26. The number of aromatic nitrogens is 3. The van der Waals surface area contributed by atoms with Crippen LogP contribution in [0.3, 0.4) is 0 Å². The van der Waals surface area contributed by atoms with E-state index < -0.39 is 0 Å². The van der Waals surface area contributed by atoms with Gasteiger partial charge in [-0.3, -0.25) is 14.7 Å². The molecule has 1 saturated heterocycles. The Labute approximate surface area is 176 Å². The van der Waals surface area contributed by atoms with Gasteiger partial charge in [0.2, 0.25) is 5.91 Å². The Kier molecular flexibility index (Phi) is 6.72. The van der Waals surface area contributed by atoms with Crippen molar-refractivity contribution in [1.29, 1.82) is 0 Å². The first-order valence-corrected chi connectivity index (χ1v) is 10.4. The van der Waals surface area contributed by atoms with Crippen molar-refractivity contribution < 1.29 is 9.53 Å². The van der Waals surface area contributed by atoms with Gasteiger partial charge in [0.15, 0.2) is 0 Å². The van der Waals surface area contributed by atoms with Crippen molar-refractivity contribution in [2.45, 2.75) is 31.8 Å². The van der Waals surface area contributed by atoms with Crippen LogP contribution < -0.4 is 10.1 Å². The first-order chi connectivity index (χ1) is 14.8. The van der Waals surface area contributed by atoms with Crippen LogP contribution in [0.25, 0.3) is 0 Å². The van der Waals surface area contributed by atoms with Crippen LogP contribution in [0.15, 0.2) is 67.1 Å². The van der Waals surface area contributed by atoms with Crippen LogP contribution in [-0.4, -0.2) is 45.3 Å². The standard InChI is InChI=1S/C23H27N5O2/c29-23(11-16-30-21-6-2-1-3-7-21)26-22-8-13-25-28(22)20-9-14-27(15-10-20)18-19-5-4-12-24-17-19/h1-8,12-13,17,20H,9-11,14-16,18H2,(H,26,29). The molecule has 7 nitrogen and oxygen atoms in total. The minimum absolute atomic E-state index is 0.0679. The molecule has 0 atom stereocenters. The number of carbonyl (C=O) groups is 1. The van der Waals surface area contributed by atoms with E-state index in [0.717, 1.165) is 44.0 Å². The molecule has 1 amide bonds. The zero-order valence-electron chi connectivity index (χ0n) is 17.0. The normalized spacial score (nSPS) is 15.1. The number of nitrogens with zero attached hydrogens (tertiary/aromatic N) is 4. The molecular formula is C23H27N5O2. The number of rotatable bonds is 8. The average Bonchev–Trinajstić information content (AvgIpc) is 3.24. The second-order valence-corrected chi connectivity index (χ2v) is 7.49.